The summed E-state index contributed by atoms with van der Waals surface area (Å²) in [4.78, 5) is 1.82. The number of anilines is 2. The van der Waals surface area contributed by atoms with Crippen molar-refractivity contribution in [2.75, 3.05) is 23.7 Å². The summed E-state index contributed by atoms with van der Waals surface area (Å²) in [6, 6.07) is 4.69. The highest BCUT2D eigenvalue weighted by molar-refractivity contribution is 8.13. The third-order valence-electron chi connectivity index (χ3n) is 5.76. The van der Waals surface area contributed by atoms with Crippen LogP contribution in [0.2, 0.25) is 0 Å². The summed E-state index contributed by atoms with van der Waals surface area (Å²) in [5.41, 5.74) is 2.37. The zero-order valence-corrected chi connectivity index (χ0v) is 18.0. The fourth-order valence-electron chi connectivity index (χ4n) is 4.29. The molecule has 0 unspecified atom stereocenters. The van der Waals surface area contributed by atoms with E-state index in [4.69, 9.17) is 20.5 Å². The third-order valence-corrected chi connectivity index (χ3v) is 7.11. The van der Waals surface area contributed by atoms with E-state index in [0.717, 1.165) is 42.0 Å². The van der Waals surface area contributed by atoms with Crippen molar-refractivity contribution in [1.82, 2.24) is 9.78 Å². The Kier molecular flexibility index (Phi) is 5.39. The van der Waals surface area contributed by atoms with Gasteiger partial charge in [-0.05, 0) is 31.9 Å². The van der Waals surface area contributed by atoms with Gasteiger partial charge in [0.05, 0.1) is 42.6 Å². The van der Waals surface area contributed by atoms with Crippen molar-refractivity contribution >= 4 is 31.2 Å². The fraction of sp³-hybridized carbons (Fsp3) is 0.526. The van der Waals surface area contributed by atoms with Crippen molar-refractivity contribution < 1.29 is 13.2 Å². The maximum Gasteiger partial charge on any atom is 0.261 e. The van der Waals surface area contributed by atoms with Gasteiger partial charge in [-0.25, -0.2) is 13.1 Å². The molecule has 0 spiro atoms. The van der Waals surface area contributed by atoms with Crippen molar-refractivity contribution in [3.8, 4) is 5.75 Å². The molecule has 0 atom stereocenters. The largest absolute Gasteiger partial charge is 0.756 e. The second-order valence-corrected chi connectivity index (χ2v) is 10.2. The summed E-state index contributed by atoms with van der Waals surface area (Å²) in [6.45, 7) is 2.53. The number of halogens is 1. The van der Waals surface area contributed by atoms with Crippen LogP contribution in [0.25, 0.3) is 0 Å². The van der Waals surface area contributed by atoms with Gasteiger partial charge < -0.3 is 19.9 Å². The molecule has 2 heterocycles. The molecule has 1 aliphatic heterocycles. The lowest BCUT2D eigenvalue weighted by molar-refractivity contribution is 0.329. The highest BCUT2D eigenvalue weighted by Crippen LogP contribution is 2.40. The van der Waals surface area contributed by atoms with Crippen LogP contribution < -0.4 is 14.7 Å². The maximum absolute atomic E-state index is 13.0. The Morgan fingerprint density at radius 3 is 2.62 bits per heavy atom. The molecule has 2 aliphatic rings. The van der Waals surface area contributed by atoms with Crippen LogP contribution in [-0.2, 0) is 15.6 Å². The number of aromatic nitrogens is 2. The van der Waals surface area contributed by atoms with Crippen molar-refractivity contribution in [1.29, 1.82) is 0 Å². The molecule has 29 heavy (non-hydrogen) atoms. The van der Waals surface area contributed by atoms with Gasteiger partial charge >= 0.3 is 0 Å². The minimum Gasteiger partial charge on any atom is -0.756 e. The van der Waals surface area contributed by atoms with Crippen LogP contribution in [0.4, 0.5) is 11.5 Å². The molecule has 158 valence electrons. The van der Waals surface area contributed by atoms with Gasteiger partial charge in [-0.3, -0.25) is 0 Å². The summed E-state index contributed by atoms with van der Waals surface area (Å²) in [5, 5.41) is 18.7. The molecule has 0 N–H and O–H groups in total. The molecule has 2 aromatic rings. The topological polar surface area (TPSA) is 90.7 Å². The minimum absolute atomic E-state index is 0.0438. The standard InChI is InChI=1S/C19H24ClN4O4S/c1-13-16-11-22(17-9-8-15(29(20,26)27)10-18(17)28-2)12-23(25)19(16)24(21-13)14-6-4-3-5-7-14/h8-10,14H,3-7,11-12H2,1-2H3/q-1. The molecule has 0 radical (unpaired) electrons. The van der Waals surface area contributed by atoms with Crippen LogP contribution in [-0.4, -0.2) is 32.0 Å². The molecule has 1 aliphatic carbocycles. The number of fused-ring (bicyclic) bond motifs is 1. The third kappa shape index (κ3) is 3.78. The van der Waals surface area contributed by atoms with Gasteiger partial charge in [-0.2, -0.15) is 5.10 Å². The van der Waals surface area contributed by atoms with Crippen LogP contribution in [0.5, 0.6) is 5.75 Å². The minimum atomic E-state index is -3.87. The lowest BCUT2D eigenvalue weighted by Gasteiger charge is -2.43. The number of ether oxygens (including phenoxy) is 1. The molecule has 8 nitrogen and oxygen atoms in total. The van der Waals surface area contributed by atoms with Gasteiger partial charge in [-0.15, -0.1) is 0 Å². The van der Waals surface area contributed by atoms with Crippen molar-refractivity contribution in [3.05, 3.63) is 34.7 Å². The number of benzene rings is 1. The molecular formula is C19H24ClN4O4S-. The van der Waals surface area contributed by atoms with E-state index in [-0.39, 0.29) is 17.6 Å². The molecule has 1 aromatic heterocycles. The van der Waals surface area contributed by atoms with Crippen molar-refractivity contribution in [2.24, 2.45) is 0 Å². The SMILES string of the molecule is COc1cc(S(=O)(=O)Cl)ccc1N1Cc2c(C)nn(C3CCCCC3)c2N([O-])C1. The molecule has 1 aromatic carbocycles. The first-order valence-electron chi connectivity index (χ1n) is 9.70. The fourth-order valence-corrected chi connectivity index (χ4v) is 5.06. The lowest BCUT2D eigenvalue weighted by atomic mass is 9.95. The number of nitrogens with zero attached hydrogens (tertiary/aromatic N) is 4. The smallest absolute Gasteiger partial charge is 0.261 e. The number of rotatable bonds is 4. The Morgan fingerprint density at radius 1 is 1.24 bits per heavy atom. The number of methoxy groups -OCH3 is 1. The lowest BCUT2D eigenvalue weighted by Crippen LogP contribution is -2.40. The summed E-state index contributed by atoms with van der Waals surface area (Å²) in [6.07, 6.45) is 5.66. The van der Waals surface area contributed by atoms with Gasteiger partial charge in [0.2, 0.25) is 0 Å². The predicted octanol–water partition coefficient (Wildman–Crippen LogP) is 3.91. The van der Waals surface area contributed by atoms with E-state index in [1.54, 1.807) is 6.07 Å². The first-order valence-corrected chi connectivity index (χ1v) is 12.0. The summed E-state index contributed by atoms with van der Waals surface area (Å²) >= 11 is 0. The van der Waals surface area contributed by atoms with Crippen LogP contribution in [0, 0.1) is 12.1 Å². The highest BCUT2D eigenvalue weighted by Gasteiger charge is 2.30. The quantitative estimate of drug-likeness (QED) is 0.667. The Morgan fingerprint density at radius 2 is 1.97 bits per heavy atom. The zero-order chi connectivity index (χ0) is 20.8. The Hall–Kier alpha value is -1.97. The number of hydrogen-bond acceptors (Lipinski definition) is 7. The van der Waals surface area contributed by atoms with Crippen molar-refractivity contribution in [2.45, 2.75) is 56.5 Å². The van der Waals surface area contributed by atoms with Crippen molar-refractivity contribution in [3.63, 3.8) is 0 Å². The van der Waals surface area contributed by atoms with Gasteiger partial charge in [0.25, 0.3) is 9.05 Å². The molecule has 1 fully saturated rings. The molecule has 1 saturated carbocycles. The van der Waals surface area contributed by atoms with Gasteiger partial charge in [0.15, 0.2) is 0 Å². The zero-order valence-electron chi connectivity index (χ0n) is 16.5. The second kappa shape index (κ2) is 7.70. The van der Waals surface area contributed by atoms with Gasteiger partial charge in [0, 0.05) is 22.3 Å². The summed E-state index contributed by atoms with van der Waals surface area (Å²) in [5.74, 6) is 0.991. The maximum atomic E-state index is 13.0. The number of aryl methyl sites for hydroxylation is 1. The van der Waals surface area contributed by atoms with Crippen LogP contribution >= 0.6 is 10.7 Å². The molecule has 0 amide bonds. The first-order chi connectivity index (χ1) is 13.8. The van der Waals surface area contributed by atoms with E-state index in [1.165, 1.54) is 25.7 Å². The molecule has 0 saturated heterocycles. The van der Waals surface area contributed by atoms with Crippen LogP contribution in [0.1, 0.15) is 49.4 Å². The number of hydrogen-bond donors (Lipinski definition) is 0. The Balaban J connectivity index is 1.69. The van der Waals surface area contributed by atoms with E-state index in [2.05, 4.69) is 0 Å². The Bertz CT molecular complexity index is 1020. The van der Waals surface area contributed by atoms with Gasteiger partial charge in [0.1, 0.15) is 11.6 Å². The van der Waals surface area contributed by atoms with Gasteiger partial charge in [-0.1, -0.05) is 19.3 Å². The average molecular weight is 440 g/mol. The van der Waals surface area contributed by atoms with E-state index >= 15 is 0 Å². The van der Waals surface area contributed by atoms with E-state index in [1.807, 2.05) is 16.5 Å². The summed E-state index contributed by atoms with van der Waals surface area (Å²) in [7, 11) is 3.04. The summed E-state index contributed by atoms with van der Waals surface area (Å²) < 4.78 is 30.6. The van der Waals surface area contributed by atoms with E-state index in [0.29, 0.717) is 23.8 Å². The Labute approximate surface area is 175 Å². The average Bonchev–Trinajstić information content (AvgIpc) is 3.04. The molecule has 10 heteroatoms. The van der Waals surface area contributed by atoms with E-state index in [9.17, 15) is 13.6 Å². The van der Waals surface area contributed by atoms with E-state index < -0.39 is 9.05 Å². The highest BCUT2D eigenvalue weighted by atomic mass is 35.7. The normalized spacial score (nSPS) is 18.1. The molecule has 4 rings (SSSR count). The van der Waals surface area contributed by atoms with Crippen LogP contribution in [0.3, 0.4) is 0 Å². The molecular weight excluding hydrogens is 416 g/mol. The first kappa shape index (κ1) is 20.3. The number of hydroxylamine groups is 1. The second-order valence-electron chi connectivity index (χ2n) is 7.61. The predicted molar refractivity (Wildman–Crippen MR) is 112 cm³/mol. The molecule has 0 bridgehead atoms. The van der Waals surface area contributed by atoms with Crippen LogP contribution in [0.15, 0.2) is 23.1 Å². The monoisotopic (exact) mass is 439 g/mol.